The monoisotopic (exact) mass is 346 g/mol. The van der Waals surface area contributed by atoms with Gasteiger partial charge in [-0.3, -0.25) is 0 Å². The molecule has 0 spiro atoms. The van der Waals surface area contributed by atoms with Gasteiger partial charge in [-0.15, -0.1) is 0 Å². The highest BCUT2D eigenvalue weighted by molar-refractivity contribution is 9.09. The maximum atomic E-state index is 5.55. The van der Waals surface area contributed by atoms with E-state index in [2.05, 4.69) is 68.7 Å². The van der Waals surface area contributed by atoms with Crippen LogP contribution in [0, 0.1) is 34.6 Å². The molecule has 0 fully saturated rings. The van der Waals surface area contributed by atoms with E-state index in [1.165, 1.54) is 38.9 Å². The summed E-state index contributed by atoms with van der Waals surface area (Å²) in [5.41, 5.74) is 9.17. The van der Waals surface area contributed by atoms with Crippen molar-refractivity contribution in [3.8, 4) is 5.75 Å². The Labute approximate surface area is 136 Å². The van der Waals surface area contributed by atoms with Crippen LogP contribution >= 0.6 is 15.9 Å². The van der Waals surface area contributed by atoms with Crippen LogP contribution < -0.4 is 4.74 Å². The number of ether oxygens (including phenoxy) is 1. The Hall–Kier alpha value is -1.28. The van der Waals surface area contributed by atoms with Crippen molar-refractivity contribution in [1.82, 2.24) is 0 Å². The van der Waals surface area contributed by atoms with Crippen LogP contribution in [0.25, 0.3) is 0 Å². The lowest BCUT2D eigenvalue weighted by Crippen LogP contribution is -2.05. The van der Waals surface area contributed by atoms with E-state index >= 15 is 0 Å². The lowest BCUT2D eigenvalue weighted by Gasteiger charge is -2.22. The van der Waals surface area contributed by atoms with Crippen molar-refractivity contribution in [3.05, 3.63) is 63.2 Å². The second-order valence-corrected chi connectivity index (χ2v) is 6.70. The van der Waals surface area contributed by atoms with Gasteiger partial charge in [0.1, 0.15) is 5.75 Å². The van der Waals surface area contributed by atoms with E-state index in [4.69, 9.17) is 4.74 Å². The van der Waals surface area contributed by atoms with Gasteiger partial charge < -0.3 is 4.74 Å². The minimum absolute atomic E-state index is 0.144. The molecular weight excluding hydrogens is 324 g/mol. The first-order chi connectivity index (χ1) is 9.86. The van der Waals surface area contributed by atoms with E-state index in [-0.39, 0.29) is 4.83 Å². The van der Waals surface area contributed by atoms with Crippen LogP contribution in [-0.4, -0.2) is 7.11 Å². The molecule has 0 saturated carbocycles. The van der Waals surface area contributed by atoms with Crippen molar-refractivity contribution in [2.45, 2.75) is 39.4 Å². The first-order valence-electron chi connectivity index (χ1n) is 7.22. The number of aryl methyl sites for hydroxylation is 3. The van der Waals surface area contributed by atoms with Gasteiger partial charge in [0.15, 0.2) is 0 Å². The summed E-state index contributed by atoms with van der Waals surface area (Å²) in [5.74, 6) is 0.931. The van der Waals surface area contributed by atoms with Gasteiger partial charge in [0, 0.05) is 5.56 Å². The average molecular weight is 347 g/mol. The van der Waals surface area contributed by atoms with Crippen molar-refractivity contribution in [3.63, 3.8) is 0 Å². The number of methoxy groups -OCH3 is 1. The highest BCUT2D eigenvalue weighted by Gasteiger charge is 2.21. The molecule has 0 radical (unpaired) electrons. The van der Waals surface area contributed by atoms with E-state index < -0.39 is 0 Å². The normalized spacial score (nSPS) is 12.3. The molecule has 0 aliphatic heterocycles. The molecule has 0 aliphatic rings. The third kappa shape index (κ3) is 3.01. The van der Waals surface area contributed by atoms with Gasteiger partial charge in [-0.25, -0.2) is 0 Å². The Bertz CT molecular complexity index is 648. The topological polar surface area (TPSA) is 9.23 Å². The SMILES string of the molecule is COc1ccc(C)cc1C(Br)c1c(C)c(C)cc(C)c1C. The summed E-state index contributed by atoms with van der Waals surface area (Å²) in [7, 11) is 1.73. The van der Waals surface area contributed by atoms with Crippen molar-refractivity contribution < 1.29 is 4.74 Å². The molecule has 21 heavy (non-hydrogen) atoms. The number of hydrogen-bond acceptors (Lipinski definition) is 1. The van der Waals surface area contributed by atoms with Crippen molar-refractivity contribution in [2.75, 3.05) is 7.11 Å². The second kappa shape index (κ2) is 6.23. The summed E-state index contributed by atoms with van der Waals surface area (Å²) < 4.78 is 5.55. The smallest absolute Gasteiger partial charge is 0.123 e. The molecule has 1 unspecified atom stereocenters. The molecule has 2 heteroatoms. The van der Waals surface area contributed by atoms with Crippen LogP contribution in [0.2, 0.25) is 0 Å². The predicted molar refractivity (Wildman–Crippen MR) is 93.9 cm³/mol. The summed E-state index contributed by atoms with van der Waals surface area (Å²) >= 11 is 3.91. The summed E-state index contributed by atoms with van der Waals surface area (Å²) in [6.07, 6.45) is 0. The molecule has 0 saturated heterocycles. The fourth-order valence-electron chi connectivity index (χ4n) is 2.83. The van der Waals surface area contributed by atoms with Crippen LogP contribution in [-0.2, 0) is 0 Å². The van der Waals surface area contributed by atoms with Gasteiger partial charge in [0.25, 0.3) is 0 Å². The lowest BCUT2D eigenvalue weighted by molar-refractivity contribution is 0.410. The Morgan fingerprint density at radius 3 is 2.00 bits per heavy atom. The number of halogens is 1. The highest BCUT2D eigenvalue weighted by Crippen LogP contribution is 2.41. The average Bonchev–Trinajstić information content (AvgIpc) is 2.45. The molecule has 0 aromatic heterocycles. The third-order valence-electron chi connectivity index (χ3n) is 4.34. The highest BCUT2D eigenvalue weighted by atomic mass is 79.9. The van der Waals surface area contributed by atoms with Gasteiger partial charge in [-0.05, 0) is 68.5 Å². The summed E-state index contributed by atoms with van der Waals surface area (Å²) in [5, 5.41) is 0. The zero-order valence-corrected chi connectivity index (χ0v) is 15.3. The molecule has 0 aliphatic carbocycles. The standard InChI is InChI=1S/C19H23BrO/c1-11-7-8-17(21-6)16(9-11)19(20)18-14(4)12(2)10-13(3)15(18)5/h7-10,19H,1-6H3. The van der Waals surface area contributed by atoms with E-state index in [0.717, 1.165) is 5.75 Å². The number of rotatable bonds is 3. The quantitative estimate of drug-likeness (QED) is 0.645. The minimum Gasteiger partial charge on any atom is -0.496 e. The summed E-state index contributed by atoms with van der Waals surface area (Å²) in [6, 6.07) is 8.60. The van der Waals surface area contributed by atoms with Crippen LogP contribution in [0.15, 0.2) is 24.3 Å². The maximum Gasteiger partial charge on any atom is 0.123 e. The first-order valence-corrected chi connectivity index (χ1v) is 8.14. The molecule has 1 nitrogen and oxygen atoms in total. The molecule has 2 aromatic carbocycles. The van der Waals surface area contributed by atoms with E-state index in [1.54, 1.807) is 7.11 Å². The van der Waals surface area contributed by atoms with Crippen LogP contribution in [0.4, 0.5) is 0 Å². The van der Waals surface area contributed by atoms with E-state index in [0.29, 0.717) is 0 Å². The molecule has 112 valence electrons. The van der Waals surface area contributed by atoms with Crippen LogP contribution in [0.1, 0.15) is 43.8 Å². The van der Waals surface area contributed by atoms with E-state index in [9.17, 15) is 0 Å². The maximum absolute atomic E-state index is 5.55. The minimum atomic E-state index is 0.144. The largest absolute Gasteiger partial charge is 0.496 e. The molecule has 0 N–H and O–H groups in total. The Kier molecular flexibility index (Phi) is 4.77. The Morgan fingerprint density at radius 1 is 0.905 bits per heavy atom. The second-order valence-electron chi connectivity index (χ2n) is 5.78. The molecule has 0 heterocycles. The Morgan fingerprint density at radius 2 is 1.48 bits per heavy atom. The predicted octanol–water partition coefficient (Wildman–Crippen LogP) is 5.72. The molecular formula is C19H23BrO. The molecule has 0 bridgehead atoms. The number of benzene rings is 2. The molecule has 2 aromatic rings. The van der Waals surface area contributed by atoms with Gasteiger partial charge in [-0.1, -0.05) is 39.7 Å². The molecule has 0 amide bonds. The fraction of sp³-hybridized carbons (Fsp3) is 0.368. The molecule has 2 rings (SSSR count). The van der Waals surface area contributed by atoms with Gasteiger partial charge in [0.2, 0.25) is 0 Å². The van der Waals surface area contributed by atoms with Crippen molar-refractivity contribution in [2.24, 2.45) is 0 Å². The Balaban J connectivity index is 2.65. The number of alkyl halides is 1. The van der Waals surface area contributed by atoms with Crippen molar-refractivity contribution >= 4 is 15.9 Å². The summed E-state index contributed by atoms with van der Waals surface area (Å²) in [4.78, 5) is 0.144. The van der Waals surface area contributed by atoms with E-state index in [1.807, 2.05) is 6.07 Å². The van der Waals surface area contributed by atoms with Crippen molar-refractivity contribution in [1.29, 1.82) is 0 Å². The number of hydrogen-bond donors (Lipinski definition) is 0. The third-order valence-corrected chi connectivity index (χ3v) is 5.29. The van der Waals surface area contributed by atoms with Gasteiger partial charge in [0.05, 0.1) is 11.9 Å². The van der Waals surface area contributed by atoms with Crippen LogP contribution in [0.5, 0.6) is 5.75 Å². The fourth-order valence-corrected chi connectivity index (χ4v) is 3.88. The van der Waals surface area contributed by atoms with Gasteiger partial charge >= 0.3 is 0 Å². The first kappa shape index (κ1) is 16.1. The zero-order valence-electron chi connectivity index (χ0n) is 13.7. The summed E-state index contributed by atoms with van der Waals surface area (Å²) in [6.45, 7) is 10.9. The zero-order chi connectivity index (χ0) is 15.7. The molecule has 1 atom stereocenters. The lowest BCUT2D eigenvalue weighted by atomic mass is 9.89. The van der Waals surface area contributed by atoms with Crippen LogP contribution in [0.3, 0.4) is 0 Å². The van der Waals surface area contributed by atoms with Gasteiger partial charge in [-0.2, -0.15) is 0 Å².